The van der Waals surface area contributed by atoms with Gasteiger partial charge >= 0.3 is 7.82 Å². The fourth-order valence-corrected chi connectivity index (χ4v) is 9.03. The van der Waals surface area contributed by atoms with Crippen LogP contribution in [0.4, 0.5) is 0 Å². The summed E-state index contributed by atoms with van der Waals surface area (Å²) in [4.78, 5) is 23.3. The summed E-state index contributed by atoms with van der Waals surface area (Å²) in [5.74, 6) is -0.221. The molecule has 74 heavy (non-hydrogen) atoms. The molecule has 0 aromatic carbocycles. The lowest BCUT2D eigenvalue weighted by molar-refractivity contribution is -0.870. The lowest BCUT2D eigenvalue weighted by atomic mass is 10.0. The van der Waals surface area contributed by atoms with Gasteiger partial charge in [-0.25, -0.2) is 4.57 Å². The molecule has 0 aromatic rings. The quantitative estimate of drug-likeness (QED) is 0.0243. The lowest BCUT2D eigenvalue weighted by Gasteiger charge is -2.25. The molecule has 3 N–H and O–H groups in total. The second kappa shape index (κ2) is 54.9. The fraction of sp³-hybridized carbons (Fsp3) is 0.708. The third-order valence-corrected chi connectivity index (χ3v) is 14.0. The summed E-state index contributed by atoms with van der Waals surface area (Å²) in [5, 5.41) is 13.9. The monoisotopic (exact) mass is 1050 g/mol. The van der Waals surface area contributed by atoms with Crippen molar-refractivity contribution in [2.75, 3.05) is 40.9 Å². The Bertz CT molecular complexity index is 1570. The van der Waals surface area contributed by atoms with E-state index in [2.05, 4.69) is 116 Å². The Morgan fingerprint density at radius 2 is 0.811 bits per heavy atom. The number of carbonyl (C=O) groups excluding carboxylic acids is 1. The van der Waals surface area contributed by atoms with E-state index in [9.17, 15) is 19.4 Å². The van der Waals surface area contributed by atoms with E-state index in [1.807, 2.05) is 27.2 Å². The number of amides is 1. The number of carbonyl (C=O) groups is 1. The average molecular weight is 1050 g/mol. The minimum Gasteiger partial charge on any atom is -0.387 e. The van der Waals surface area contributed by atoms with Crippen LogP contribution in [0, 0.1) is 0 Å². The third-order valence-electron chi connectivity index (χ3n) is 13.0. The maximum Gasteiger partial charge on any atom is 0.472 e. The predicted octanol–water partition coefficient (Wildman–Crippen LogP) is 18.8. The van der Waals surface area contributed by atoms with Gasteiger partial charge in [-0.05, 0) is 83.5 Å². The average Bonchev–Trinajstić information content (AvgIpc) is 3.36. The number of aliphatic hydroxyl groups excluding tert-OH is 1. The van der Waals surface area contributed by atoms with E-state index in [1.165, 1.54) is 135 Å². The van der Waals surface area contributed by atoms with Crippen LogP contribution in [-0.2, 0) is 18.4 Å². The second-order valence-electron chi connectivity index (χ2n) is 21.3. The molecular formula is C65H116N2O6P+. The highest BCUT2D eigenvalue weighted by Crippen LogP contribution is 2.43. The molecule has 0 saturated carbocycles. The van der Waals surface area contributed by atoms with Gasteiger partial charge in [0.15, 0.2) is 0 Å². The molecule has 9 heteroatoms. The zero-order valence-corrected chi connectivity index (χ0v) is 49.4. The van der Waals surface area contributed by atoms with Gasteiger partial charge in [-0.1, -0.05) is 264 Å². The van der Waals surface area contributed by atoms with Crippen LogP contribution in [-0.4, -0.2) is 73.4 Å². The molecule has 0 aliphatic heterocycles. The molecular weight excluding hydrogens is 936 g/mol. The highest BCUT2D eigenvalue weighted by atomic mass is 31.2. The van der Waals surface area contributed by atoms with Crippen molar-refractivity contribution in [3.8, 4) is 0 Å². The number of rotatable bonds is 54. The van der Waals surface area contributed by atoms with Gasteiger partial charge in [-0.15, -0.1) is 0 Å². The van der Waals surface area contributed by atoms with E-state index in [-0.39, 0.29) is 19.1 Å². The Labute approximate surface area is 457 Å². The van der Waals surface area contributed by atoms with Crippen molar-refractivity contribution >= 4 is 13.7 Å². The van der Waals surface area contributed by atoms with E-state index in [0.717, 1.165) is 83.5 Å². The molecule has 0 aliphatic rings. The summed E-state index contributed by atoms with van der Waals surface area (Å²) in [6, 6.07) is -0.879. The molecule has 0 aromatic heterocycles. The maximum absolute atomic E-state index is 13.0. The standard InChI is InChI=1S/C65H115N2O6P/c1-6-8-10-12-14-16-18-20-22-24-26-28-30-32-33-35-37-39-41-43-45-47-49-51-53-55-57-59-65(69)66-63(62-73-74(70,71)72-61-60-67(3,4)5)64(68)58-56-54-52-50-48-46-44-42-40-38-36-34-31-29-27-25-23-21-19-17-15-13-11-9-7-2/h8,10,14,16,20,22,26,28,32-33,37,39,43,45,49,51,56,58,63-64,68H,6-7,9,11-13,15,17-19,21,23-25,27,29-31,34-36,38,40-42,44,46-48,50,52-55,57,59-62H2,1-5H3,(H-,66,69,70,71)/p+1/b10-8-,16-14-,22-20-,28-26-,33-32-,39-37-,45-43-,51-49-,58-56+. The van der Waals surface area contributed by atoms with Crippen molar-refractivity contribution in [1.82, 2.24) is 5.32 Å². The normalized spacial score (nSPS) is 14.6. The highest BCUT2D eigenvalue weighted by molar-refractivity contribution is 7.47. The molecule has 426 valence electrons. The SMILES string of the molecule is CC/C=C\C/C=C\C/C=C\C/C=C\C/C=C\C/C=C\C/C=C\C/C=C\CCCCC(=O)NC(COP(=O)(O)OCC[N+](C)(C)C)C(O)/C=C/CCCCCCCCCCCCCCCCCCCCCCCCC. The van der Waals surface area contributed by atoms with Gasteiger partial charge < -0.3 is 19.8 Å². The Morgan fingerprint density at radius 3 is 1.19 bits per heavy atom. The van der Waals surface area contributed by atoms with Crippen LogP contribution < -0.4 is 5.32 Å². The van der Waals surface area contributed by atoms with E-state index >= 15 is 0 Å². The van der Waals surface area contributed by atoms with Crippen molar-refractivity contribution in [3.63, 3.8) is 0 Å². The zero-order valence-electron chi connectivity index (χ0n) is 48.5. The lowest BCUT2D eigenvalue weighted by Crippen LogP contribution is -2.45. The second-order valence-corrected chi connectivity index (χ2v) is 22.8. The Morgan fingerprint density at radius 1 is 0.473 bits per heavy atom. The Kier molecular flexibility index (Phi) is 52.8. The molecule has 0 fully saturated rings. The molecule has 1 amide bonds. The van der Waals surface area contributed by atoms with Crippen LogP contribution in [0.25, 0.3) is 0 Å². The minimum atomic E-state index is -4.37. The summed E-state index contributed by atoms with van der Waals surface area (Å²) >= 11 is 0. The van der Waals surface area contributed by atoms with Gasteiger partial charge in [0.1, 0.15) is 13.2 Å². The number of phosphoric ester groups is 1. The molecule has 0 aliphatic carbocycles. The van der Waals surface area contributed by atoms with Crippen LogP contribution in [0.2, 0.25) is 0 Å². The van der Waals surface area contributed by atoms with Crippen molar-refractivity contribution in [3.05, 3.63) is 109 Å². The summed E-state index contributed by atoms with van der Waals surface area (Å²) in [6.07, 6.45) is 80.6. The van der Waals surface area contributed by atoms with Crippen LogP contribution in [0.5, 0.6) is 0 Å². The minimum absolute atomic E-state index is 0.0470. The molecule has 8 nitrogen and oxygen atoms in total. The van der Waals surface area contributed by atoms with Gasteiger partial charge in [0.2, 0.25) is 5.91 Å². The van der Waals surface area contributed by atoms with Gasteiger partial charge in [-0.2, -0.15) is 0 Å². The molecule has 3 unspecified atom stereocenters. The number of quaternary nitrogens is 1. The first-order valence-corrected chi connectivity index (χ1v) is 31.8. The number of nitrogens with one attached hydrogen (secondary N) is 1. The number of unbranched alkanes of at least 4 members (excludes halogenated alkanes) is 25. The van der Waals surface area contributed by atoms with Crippen molar-refractivity contribution < 1.29 is 32.9 Å². The fourth-order valence-electron chi connectivity index (χ4n) is 8.29. The van der Waals surface area contributed by atoms with E-state index < -0.39 is 20.0 Å². The van der Waals surface area contributed by atoms with Gasteiger partial charge in [0.05, 0.1) is 39.9 Å². The van der Waals surface area contributed by atoms with Crippen LogP contribution in [0.15, 0.2) is 109 Å². The Balaban J connectivity index is 4.32. The first-order valence-electron chi connectivity index (χ1n) is 30.3. The topological polar surface area (TPSA) is 105 Å². The first-order chi connectivity index (χ1) is 36.0. The number of hydrogen-bond acceptors (Lipinski definition) is 5. The molecule has 0 spiro atoms. The third kappa shape index (κ3) is 56.9. The maximum atomic E-state index is 13.0. The Hall–Kier alpha value is -2.84. The van der Waals surface area contributed by atoms with Crippen molar-refractivity contribution in [2.24, 2.45) is 0 Å². The van der Waals surface area contributed by atoms with Gasteiger partial charge in [0, 0.05) is 6.42 Å². The number of phosphoric acid groups is 1. The summed E-state index contributed by atoms with van der Waals surface area (Å²) in [6.45, 7) is 4.68. The summed E-state index contributed by atoms with van der Waals surface area (Å²) in [5.41, 5.74) is 0. The number of allylic oxidation sites excluding steroid dienone is 17. The van der Waals surface area contributed by atoms with Gasteiger partial charge in [-0.3, -0.25) is 13.8 Å². The van der Waals surface area contributed by atoms with E-state index in [1.54, 1.807) is 6.08 Å². The predicted molar refractivity (Wildman–Crippen MR) is 322 cm³/mol. The van der Waals surface area contributed by atoms with E-state index in [4.69, 9.17) is 9.05 Å². The zero-order chi connectivity index (χ0) is 54.2. The number of hydrogen-bond donors (Lipinski definition) is 3. The highest BCUT2D eigenvalue weighted by Gasteiger charge is 2.27. The molecule has 0 rings (SSSR count). The molecule has 0 heterocycles. The largest absolute Gasteiger partial charge is 0.472 e. The first kappa shape index (κ1) is 71.2. The molecule has 3 atom stereocenters. The number of likely N-dealkylation sites (N-methyl/N-ethyl adjacent to an activating group) is 1. The summed E-state index contributed by atoms with van der Waals surface area (Å²) < 4.78 is 23.7. The molecule has 0 saturated heterocycles. The molecule has 0 radical (unpaired) electrons. The van der Waals surface area contributed by atoms with Crippen LogP contribution in [0.3, 0.4) is 0 Å². The number of nitrogens with zero attached hydrogens (tertiary/aromatic N) is 1. The smallest absolute Gasteiger partial charge is 0.387 e. The van der Waals surface area contributed by atoms with E-state index in [0.29, 0.717) is 23.9 Å². The van der Waals surface area contributed by atoms with Crippen molar-refractivity contribution in [1.29, 1.82) is 0 Å². The van der Waals surface area contributed by atoms with Crippen molar-refractivity contribution in [2.45, 2.75) is 257 Å². The number of aliphatic hydroxyl groups is 1. The van der Waals surface area contributed by atoms with Gasteiger partial charge in [0.25, 0.3) is 0 Å². The van der Waals surface area contributed by atoms with Crippen LogP contribution >= 0.6 is 7.82 Å². The van der Waals surface area contributed by atoms with Crippen LogP contribution in [0.1, 0.15) is 245 Å². The molecule has 0 bridgehead atoms. The summed E-state index contributed by atoms with van der Waals surface area (Å²) in [7, 11) is 1.53.